The molecule has 2 amide bonds. The maximum atomic E-state index is 11.9. The summed E-state index contributed by atoms with van der Waals surface area (Å²) >= 11 is 5.82. The molecular formula is C17H15ClN2O5. The third kappa shape index (κ3) is 6.15. The second-order valence-electron chi connectivity index (χ2n) is 4.91. The van der Waals surface area contributed by atoms with Crippen LogP contribution in [0.1, 0.15) is 10.4 Å². The van der Waals surface area contributed by atoms with Crippen LogP contribution in [0, 0.1) is 0 Å². The zero-order valence-corrected chi connectivity index (χ0v) is 13.8. The Morgan fingerprint density at radius 3 is 2.40 bits per heavy atom. The molecule has 25 heavy (non-hydrogen) atoms. The Morgan fingerprint density at radius 2 is 1.76 bits per heavy atom. The molecule has 0 fully saturated rings. The number of nitrogens with one attached hydrogen (secondary N) is 1. The zero-order chi connectivity index (χ0) is 18.2. The van der Waals surface area contributed by atoms with Gasteiger partial charge in [0.15, 0.2) is 13.2 Å². The van der Waals surface area contributed by atoms with Crippen molar-refractivity contribution < 1.29 is 23.9 Å². The third-order valence-electron chi connectivity index (χ3n) is 2.91. The standard InChI is InChI=1S/C17H15ClN2O5/c18-12-2-1-3-13(8-12)20-16(22)10-25-17(23)11-4-6-14(7-5-11)24-9-15(19)21/h1-8H,9-10H2,(H2,19,21)(H,20,22). The number of carbonyl (C=O) groups excluding carboxylic acids is 3. The van der Waals surface area contributed by atoms with Crippen LogP contribution in [0.15, 0.2) is 48.5 Å². The van der Waals surface area contributed by atoms with E-state index in [0.717, 1.165) is 0 Å². The highest BCUT2D eigenvalue weighted by Gasteiger charge is 2.11. The van der Waals surface area contributed by atoms with Gasteiger partial charge >= 0.3 is 5.97 Å². The molecule has 0 aliphatic carbocycles. The average Bonchev–Trinajstić information content (AvgIpc) is 2.58. The Kier molecular flexibility index (Phi) is 6.36. The molecule has 8 heteroatoms. The van der Waals surface area contributed by atoms with Gasteiger partial charge in [0.05, 0.1) is 5.56 Å². The van der Waals surface area contributed by atoms with Crippen LogP contribution in [0.2, 0.25) is 5.02 Å². The van der Waals surface area contributed by atoms with Gasteiger partial charge in [-0.25, -0.2) is 4.79 Å². The summed E-state index contributed by atoms with van der Waals surface area (Å²) in [5, 5.41) is 3.04. The molecule has 0 radical (unpaired) electrons. The van der Waals surface area contributed by atoms with E-state index in [1.54, 1.807) is 24.3 Å². The largest absolute Gasteiger partial charge is 0.484 e. The predicted octanol–water partition coefficient (Wildman–Crippen LogP) is 2.00. The van der Waals surface area contributed by atoms with E-state index < -0.39 is 24.4 Å². The van der Waals surface area contributed by atoms with Crippen molar-refractivity contribution in [1.29, 1.82) is 0 Å². The van der Waals surface area contributed by atoms with E-state index in [-0.39, 0.29) is 12.2 Å². The molecule has 0 saturated heterocycles. The molecular weight excluding hydrogens is 348 g/mol. The number of nitrogens with two attached hydrogens (primary N) is 1. The monoisotopic (exact) mass is 362 g/mol. The molecule has 130 valence electrons. The zero-order valence-electron chi connectivity index (χ0n) is 13.0. The Hall–Kier alpha value is -3.06. The Balaban J connectivity index is 1.83. The van der Waals surface area contributed by atoms with Crippen LogP contribution in [0.4, 0.5) is 5.69 Å². The van der Waals surface area contributed by atoms with Gasteiger partial charge in [0, 0.05) is 10.7 Å². The first-order chi connectivity index (χ1) is 11.9. The lowest BCUT2D eigenvalue weighted by Crippen LogP contribution is -2.21. The summed E-state index contributed by atoms with van der Waals surface area (Å²) in [7, 11) is 0. The van der Waals surface area contributed by atoms with Crippen molar-refractivity contribution in [2.24, 2.45) is 5.73 Å². The number of hydrogen-bond donors (Lipinski definition) is 2. The maximum absolute atomic E-state index is 11.9. The number of hydrogen-bond acceptors (Lipinski definition) is 5. The minimum absolute atomic E-state index is 0.238. The van der Waals surface area contributed by atoms with Gasteiger partial charge in [-0.3, -0.25) is 9.59 Å². The van der Waals surface area contributed by atoms with Crippen LogP contribution in [0.3, 0.4) is 0 Å². The molecule has 0 aromatic heterocycles. The van der Waals surface area contributed by atoms with Crippen molar-refractivity contribution in [2.45, 2.75) is 0 Å². The lowest BCUT2D eigenvalue weighted by molar-refractivity contribution is -0.120. The molecule has 0 aliphatic heterocycles. The summed E-state index contributed by atoms with van der Waals surface area (Å²) in [5.74, 6) is -1.37. The highest BCUT2D eigenvalue weighted by atomic mass is 35.5. The molecule has 0 bridgehead atoms. The fourth-order valence-electron chi connectivity index (χ4n) is 1.82. The van der Waals surface area contributed by atoms with Crippen LogP contribution in [-0.2, 0) is 14.3 Å². The second kappa shape index (κ2) is 8.70. The Labute approximate surface area is 148 Å². The van der Waals surface area contributed by atoms with Crippen LogP contribution < -0.4 is 15.8 Å². The SMILES string of the molecule is NC(=O)COc1ccc(C(=O)OCC(=O)Nc2cccc(Cl)c2)cc1. The Bertz CT molecular complexity index is 777. The molecule has 0 saturated carbocycles. The lowest BCUT2D eigenvalue weighted by Gasteiger charge is -2.08. The van der Waals surface area contributed by atoms with Crippen molar-refractivity contribution in [2.75, 3.05) is 18.5 Å². The molecule has 0 heterocycles. The van der Waals surface area contributed by atoms with E-state index in [9.17, 15) is 14.4 Å². The van der Waals surface area contributed by atoms with Crippen molar-refractivity contribution in [3.05, 3.63) is 59.1 Å². The van der Waals surface area contributed by atoms with E-state index in [4.69, 9.17) is 26.8 Å². The summed E-state index contributed by atoms with van der Waals surface area (Å²) in [5.41, 5.74) is 5.71. The number of primary amides is 1. The number of ether oxygens (including phenoxy) is 2. The van der Waals surface area contributed by atoms with Gasteiger partial charge in [0.25, 0.3) is 11.8 Å². The first-order valence-corrected chi connectivity index (χ1v) is 7.55. The normalized spacial score (nSPS) is 9.96. The number of esters is 1. The number of carbonyl (C=O) groups is 3. The van der Waals surface area contributed by atoms with Gasteiger partial charge in [-0.05, 0) is 42.5 Å². The molecule has 0 unspecified atom stereocenters. The summed E-state index contributed by atoms with van der Waals surface area (Å²) < 4.78 is 10.0. The predicted molar refractivity (Wildman–Crippen MR) is 91.5 cm³/mol. The molecule has 7 nitrogen and oxygen atoms in total. The first-order valence-electron chi connectivity index (χ1n) is 7.18. The molecule has 0 spiro atoms. The molecule has 2 rings (SSSR count). The van der Waals surface area contributed by atoms with E-state index in [0.29, 0.717) is 16.5 Å². The number of amides is 2. The van der Waals surface area contributed by atoms with Crippen molar-refractivity contribution in [1.82, 2.24) is 0 Å². The van der Waals surface area contributed by atoms with Gasteiger partial charge in [-0.15, -0.1) is 0 Å². The molecule has 2 aromatic rings. The quantitative estimate of drug-likeness (QED) is 0.732. The van der Waals surface area contributed by atoms with Crippen molar-refractivity contribution in [3.63, 3.8) is 0 Å². The highest BCUT2D eigenvalue weighted by molar-refractivity contribution is 6.30. The summed E-state index contributed by atoms with van der Waals surface area (Å²) in [6.07, 6.45) is 0. The van der Waals surface area contributed by atoms with E-state index in [2.05, 4.69) is 5.32 Å². The fourth-order valence-corrected chi connectivity index (χ4v) is 2.01. The smallest absolute Gasteiger partial charge is 0.338 e. The minimum atomic E-state index is -0.664. The molecule has 0 aliphatic rings. The maximum Gasteiger partial charge on any atom is 0.338 e. The van der Waals surface area contributed by atoms with Crippen LogP contribution in [0.25, 0.3) is 0 Å². The number of halogens is 1. The topological polar surface area (TPSA) is 108 Å². The average molecular weight is 363 g/mol. The molecule has 3 N–H and O–H groups in total. The van der Waals surface area contributed by atoms with Crippen molar-refractivity contribution >= 4 is 35.1 Å². The van der Waals surface area contributed by atoms with Crippen LogP contribution in [-0.4, -0.2) is 31.0 Å². The number of benzene rings is 2. The van der Waals surface area contributed by atoms with Crippen molar-refractivity contribution in [3.8, 4) is 5.75 Å². The first kappa shape index (κ1) is 18.3. The number of anilines is 1. The van der Waals surface area contributed by atoms with Gasteiger partial charge in [-0.1, -0.05) is 17.7 Å². The van der Waals surface area contributed by atoms with Crippen LogP contribution >= 0.6 is 11.6 Å². The van der Waals surface area contributed by atoms with Gasteiger partial charge in [0.2, 0.25) is 0 Å². The highest BCUT2D eigenvalue weighted by Crippen LogP contribution is 2.15. The summed E-state index contributed by atoms with van der Waals surface area (Å²) in [6, 6.07) is 12.5. The van der Waals surface area contributed by atoms with E-state index in [1.807, 2.05) is 0 Å². The summed E-state index contributed by atoms with van der Waals surface area (Å²) in [6.45, 7) is -0.696. The summed E-state index contributed by atoms with van der Waals surface area (Å²) in [4.78, 5) is 34.3. The minimum Gasteiger partial charge on any atom is -0.484 e. The van der Waals surface area contributed by atoms with Gasteiger partial charge < -0.3 is 20.5 Å². The molecule has 2 aromatic carbocycles. The lowest BCUT2D eigenvalue weighted by atomic mass is 10.2. The third-order valence-corrected chi connectivity index (χ3v) is 3.15. The fraction of sp³-hybridized carbons (Fsp3) is 0.118. The van der Waals surface area contributed by atoms with Gasteiger partial charge in [0.1, 0.15) is 5.75 Å². The van der Waals surface area contributed by atoms with Crippen LogP contribution in [0.5, 0.6) is 5.75 Å². The second-order valence-corrected chi connectivity index (χ2v) is 5.35. The molecule has 0 atom stereocenters. The van der Waals surface area contributed by atoms with E-state index >= 15 is 0 Å². The Morgan fingerprint density at radius 1 is 1.04 bits per heavy atom. The van der Waals surface area contributed by atoms with Gasteiger partial charge in [-0.2, -0.15) is 0 Å². The van der Waals surface area contributed by atoms with E-state index in [1.165, 1.54) is 24.3 Å². The number of rotatable bonds is 7.